The van der Waals surface area contributed by atoms with Gasteiger partial charge in [0.25, 0.3) is 0 Å². The van der Waals surface area contributed by atoms with E-state index >= 15 is 0 Å². The maximum Gasteiger partial charge on any atom is 0.416 e. The monoisotopic (exact) mass is 1510 g/mol. The molecular weight excluding hydrogens is 1450 g/mol. The summed E-state index contributed by atoms with van der Waals surface area (Å²) in [5.41, 5.74) is 4.01. The van der Waals surface area contributed by atoms with Gasteiger partial charge in [0.1, 0.15) is 25.6 Å². The van der Waals surface area contributed by atoms with Crippen molar-refractivity contribution < 1.29 is 81.3 Å². The number of hydrogen-bond donors (Lipinski definition) is 0. The normalized spacial score (nSPS) is 18.2. The van der Waals surface area contributed by atoms with E-state index in [0.29, 0.717) is 63.4 Å². The number of nitrogens with zero attached hydrogens (tertiary/aromatic N) is 6. The van der Waals surface area contributed by atoms with Crippen molar-refractivity contribution in [3.63, 3.8) is 0 Å². The van der Waals surface area contributed by atoms with Gasteiger partial charge in [0.15, 0.2) is 0 Å². The molecule has 0 atom stereocenters. The number of alkyl halides is 3. The number of esters is 1. The largest absolute Gasteiger partial charge is 0.497 e. The number of sulfonamides is 3. The van der Waals surface area contributed by atoms with E-state index in [1.165, 1.54) is 35.0 Å². The van der Waals surface area contributed by atoms with Crippen LogP contribution in [0.3, 0.4) is 0 Å². The molecule has 0 aromatic heterocycles. The molecular formula is C61H60Br3F3N6O15S3. The summed E-state index contributed by atoms with van der Waals surface area (Å²) >= 11 is 10.3. The molecule has 0 aliphatic carbocycles. The molecule has 0 radical (unpaired) electrons. The third kappa shape index (κ3) is 14.6. The number of ether oxygens (including phenoxy) is 5. The quantitative estimate of drug-likeness (QED) is 0.0866. The fourth-order valence-electron chi connectivity index (χ4n) is 11.7. The van der Waals surface area contributed by atoms with Gasteiger partial charge in [-0.3, -0.25) is 14.7 Å². The molecule has 6 aliphatic heterocycles. The van der Waals surface area contributed by atoms with Gasteiger partial charge in [-0.15, -0.1) is 0 Å². The van der Waals surface area contributed by atoms with Gasteiger partial charge < -0.3 is 23.7 Å². The first-order valence-corrected chi connectivity index (χ1v) is 35.2. The van der Waals surface area contributed by atoms with Crippen LogP contribution in [0.2, 0.25) is 0 Å². The van der Waals surface area contributed by atoms with Crippen molar-refractivity contribution in [2.45, 2.75) is 97.3 Å². The van der Waals surface area contributed by atoms with Crippen molar-refractivity contribution in [2.24, 2.45) is 0 Å². The molecule has 6 heterocycles. The first-order valence-electron chi connectivity index (χ1n) is 28.5. The smallest absolute Gasteiger partial charge is 0.416 e. The SMILES string of the molecule is COC(=O)c1ccccc1S(=O)(=O)N1CCC(N2C(=O)OCc3cc(Br)ccc32)CC1.COc1ccc(S(=O)(=O)N2CCC(N3C(=O)OCc4cc(Br)ccc43)CC2)cc1.O=C1OCc2cc(Br)ccc2N1C1CCN(S(=O)(=O)c2cccc(C(F)(F)F)c2)CC1. The van der Waals surface area contributed by atoms with Gasteiger partial charge in [-0.2, -0.15) is 26.1 Å². The maximum atomic E-state index is 13.2. The Morgan fingerprint density at radius 2 is 0.868 bits per heavy atom. The average molecular weight is 1510 g/mol. The Morgan fingerprint density at radius 1 is 0.484 bits per heavy atom. The van der Waals surface area contributed by atoms with E-state index in [1.807, 2.05) is 54.6 Å². The van der Waals surface area contributed by atoms with Crippen molar-refractivity contribution in [1.29, 1.82) is 0 Å². The minimum absolute atomic E-state index is 0.00577. The predicted molar refractivity (Wildman–Crippen MR) is 338 cm³/mol. The van der Waals surface area contributed by atoms with Crippen LogP contribution in [0.4, 0.5) is 44.6 Å². The predicted octanol–water partition coefficient (Wildman–Crippen LogP) is 12.1. The van der Waals surface area contributed by atoms with Crippen LogP contribution in [0.15, 0.2) is 155 Å². The number of hydrogen-bond acceptors (Lipinski definition) is 15. The Morgan fingerprint density at radius 3 is 1.25 bits per heavy atom. The van der Waals surface area contributed by atoms with E-state index in [4.69, 9.17) is 23.7 Å². The van der Waals surface area contributed by atoms with E-state index in [2.05, 4.69) is 47.8 Å². The van der Waals surface area contributed by atoms with Crippen LogP contribution in [0.1, 0.15) is 71.1 Å². The van der Waals surface area contributed by atoms with Gasteiger partial charge in [-0.25, -0.2) is 44.4 Å². The fraction of sp³-hybridized carbons (Fsp3) is 0.344. The number of piperidine rings is 3. The van der Waals surface area contributed by atoms with Gasteiger partial charge in [0, 0.05) is 87.5 Å². The van der Waals surface area contributed by atoms with Gasteiger partial charge in [0.2, 0.25) is 30.1 Å². The summed E-state index contributed by atoms with van der Waals surface area (Å²) in [6, 6.07) is 32.4. The van der Waals surface area contributed by atoms with E-state index in [9.17, 15) is 57.6 Å². The first kappa shape index (κ1) is 67.3. The highest BCUT2D eigenvalue weighted by Crippen LogP contribution is 2.39. The topological polar surface area (TPSA) is 236 Å². The maximum absolute atomic E-state index is 13.2. The van der Waals surface area contributed by atoms with Crippen molar-refractivity contribution in [2.75, 3.05) is 68.2 Å². The number of anilines is 3. The van der Waals surface area contributed by atoms with Crippen LogP contribution in [0.5, 0.6) is 5.75 Å². The molecule has 3 amide bonds. The van der Waals surface area contributed by atoms with Crippen molar-refractivity contribution >= 4 is 119 Å². The van der Waals surface area contributed by atoms with E-state index < -0.39 is 64.9 Å². The van der Waals surface area contributed by atoms with Gasteiger partial charge in [-0.05, 0) is 148 Å². The molecule has 0 saturated carbocycles. The molecule has 3 fully saturated rings. The van der Waals surface area contributed by atoms with Crippen LogP contribution < -0.4 is 19.4 Å². The third-order valence-corrected chi connectivity index (χ3v) is 23.6. The fourth-order valence-corrected chi connectivity index (χ4v) is 17.5. The molecule has 6 aromatic rings. The zero-order valence-electron chi connectivity index (χ0n) is 48.8. The molecule has 6 aliphatic rings. The van der Waals surface area contributed by atoms with Gasteiger partial charge >= 0.3 is 30.4 Å². The lowest BCUT2D eigenvalue weighted by Gasteiger charge is -2.39. The molecule has 0 spiro atoms. The standard InChI is InChI=1S/C21H21BrN2O6S.C20H18BrF3N2O4S.C20H21BrN2O5S/c1-29-20(25)17-4-2-3-5-19(17)31(27,28)23-10-8-16(9-11-23)24-18-7-6-15(22)12-14(18)13-30-21(24)26;21-15-4-5-18-13(10-15)12-30-19(27)26(18)16-6-8-25(9-7-16)31(28,29)17-3-1-2-14(11-17)20(22,23)24;1-27-17-3-5-18(6-4-17)29(25,26)22-10-8-16(9-11-22)23-19-7-2-15(21)12-14(19)13-28-20(23)24/h2-7,12,16H,8-11,13H2,1H3;1-5,10-11,16H,6-9,12H2;2-7,12,16H,8-11,13H2,1H3. The summed E-state index contributed by atoms with van der Waals surface area (Å²) in [6.07, 6.45) is -3.27. The van der Waals surface area contributed by atoms with Crippen LogP contribution in [-0.2, 0) is 75.0 Å². The minimum Gasteiger partial charge on any atom is -0.497 e. The second kappa shape index (κ2) is 27.9. The van der Waals surface area contributed by atoms with Crippen LogP contribution in [0, 0.1) is 0 Å². The van der Waals surface area contributed by atoms with Crippen LogP contribution >= 0.6 is 47.8 Å². The zero-order chi connectivity index (χ0) is 65.2. The lowest BCUT2D eigenvalue weighted by atomic mass is 10.0. The summed E-state index contributed by atoms with van der Waals surface area (Å²) in [4.78, 5) is 54.0. The summed E-state index contributed by atoms with van der Waals surface area (Å²) in [7, 11) is -8.81. The number of halogens is 6. The van der Waals surface area contributed by atoms with Crippen molar-refractivity contribution in [1.82, 2.24) is 12.9 Å². The third-order valence-electron chi connectivity index (χ3n) is 16.3. The number of cyclic esters (lactones) is 3. The number of carbonyl (C=O) groups is 4. The molecule has 6 aromatic carbocycles. The van der Waals surface area contributed by atoms with E-state index in [-0.39, 0.29) is 85.6 Å². The van der Waals surface area contributed by atoms with E-state index in [1.54, 1.807) is 51.1 Å². The Hall–Kier alpha value is -6.64. The summed E-state index contributed by atoms with van der Waals surface area (Å²) < 4.78 is 149. The van der Waals surface area contributed by atoms with Gasteiger partial charge in [0.05, 0.1) is 57.1 Å². The molecule has 91 heavy (non-hydrogen) atoms. The lowest BCUT2D eigenvalue weighted by molar-refractivity contribution is -0.137. The average Bonchev–Trinajstić information content (AvgIpc) is 0.815. The molecule has 21 nitrogen and oxygen atoms in total. The highest BCUT2D eigenvalue weighted by atomic mass is 79.9. The molecule has 3 saturated heterocycles. The molecule has 0 N–H and O–H groups in total. The Balaban J connectivity index is 0.000000150. The Kier molecular flexibility index (Phi) is 20.6. The zero-order valence-corrected chi connectivity index (χ0v) is 56.0. The summed E-state index contributed by atoms with van der Waals surface area (Å²) in [6.45, 7) is 1.90. The second-order valence-electron chi connectivity index (χ2n) is 21.7. The van der Waals surface area contributed by atoms with Crippen LogP contribution in [0.25, 0.3) is 0 Å². The molecule has 12 rings (SSSR count). The number of benzene rings is 6. The minimum atomic E-state index is -4.63. The van der Waals surface area contributed by atoms with Crippen molar-refractivity contribution in [3.05, 3.63) is 169 Å². The number of carbonyl (C=O) groups excluding carboxylic acids is 4. The molecule has 0 bridgehead atoms. The van der Waals surface area contributed by atoms with E-state index in [0.717, 1.165) is 69.7 Å². The van der Waals surface area contributed by atoms with Gasteiger partial charge in [-0.1, -0.05) is 66.0 Å². The second-order valence-corrected chi connectivity index (χ2v) is 30.2. The Labute approximate surface area is 549 Å². The number of fused-ring (bicyclic) bond motifs is 3. The molecule has 0 unspecified atom stereocenters. The lowest BCUT2D eigenvalue weighted by Crippen LogP contribution is -2.50. The molecule has 30 heteroatoms. The first-order chi connectivity index (χ1) is 43.3. The van der Waals surface area contributed by atoms with Crippen molar-refractivity contribution in [3.8, 4) is 5.75 Å². The number of rotatable bonds is 11. The Bertz CT molecular complexity index is 4100. The highest BCUT2D eigenvalue weighted by Gasteiger charge is 2.42. The summed E-state index contributed by atoms with van der Waals surface area (Å²) in [5, 5.41) is 0. The highest BCUT2D eigenvalue weighted by molar-refractivity contribution is 9.11. The number of amides is 3. The van der Waals surface area contributed by atoms with Crippen LogP contribution in [-0.4, -0.2) is 134 Å². The summed E-state index contributed by atoms with van der Waals surface area (Å²) in [5.74, 6) is -0.0931. The number of methoxy groups -OCH3 is 2. The molecule has 484 valence electrons.